The zero-order valence-electron chi connectivity index (χ0n) is 18.1. The van der Waals surface area contributed by atoms with Gasteiger partial charge in [0, 0.05) is 33.1 Å². The Hall–Kier alpha value is -2.49. The predicted molar refractivity (Wildman–Crippen MR) is 109 cm³/mol. The van der Waals surface area contributed by atoms with Crippen molar-refractivity contribution < 1.29 is 18.0 Å². The first-order valence-corrected chi connectivity index (χ1v) is 10.5. The first kappa shape index (κ1) is 23.2. The highest BCUT2D eigenvalue weighted by Gasteiger charge is 2.42. The van der Waals surface area contributed by atoms with E-state index >= 15 is 0 Å². The molecule has 3 rings (SSSR count). The average Bonchev–Trinajstić information content (AvgIpc) is 3.20. The summed E-state index contributed by atoms with van der Waals surface area (Å²) in [5.41, 5.74) is -0.634. The summed E-state index contributed by atoms with van der Waals surface area (Å²) < 4.78 is 40.4. The monoisotopic (exact) mass is 438 g/mol. The average molecular weight is 438 g/mol. The number of alkyl halides is 3. The molecular formula is C21H29F3N6O. The van der Waals surface area contributed by atoms with Gasteiger partial charge in [-0.1, -0.05) is 26.0 Å². The second-order valence-corrected chi connectivity index (χ2v) is 8.58. The number of piperidine rings is 1. The summed E-state index contributed by atoms with van der Waals surface area (Å²) in [6.07, 6.45) is -1.96. The lowest BCUT2D eigenvalue weighted by Crippen LogP contribution is -2.56. The SMILES string of the molecule is CC(=O)N1CCCC(NCc2ccc(C(F)(F)F)cc2)(c2nnnn2CCC(C)C)C1. The van der Waals surface area contributed by atoms with E-state index in [1.165, 1.54) is 19.1 Å². The molecule has 0 saturated carbocycles. The van der Waals surface area contributed by atoms with Gasteiger partial charge in [0.2, 0.25) is 5.91 Å². The number of benzene rings is 1. The molecule has 1 unspecified atom stereocenters. The maximum atomic E-state index is 12.9. The molecule has 1 aliphatic rings. The maximum absolute atomic E-state index is 12.9. The van der Waals surface area contributed by atoms with Crippen molar-refractivity contribution in [3.63, 3.8) is 0 Å². The normalized spacial score (nSPS) is 19.8. The van der Waals surface area contributed by atoms with Gasteiger partial charge in [-0.15, -0.1) is 5.10 Å². The minimum absolute atomic E-state index is 0.0263. The molecule has 1 amide bonds. The molecule has 1 N–H and O–H groups in total. The lowest BCUT2D eigenvalue weighted by Gasteiger charge is -2.42. The van der Waals surface area contributed by atoms with Crippen LogP contribution in [0.3, 0.4) is 0 Å². The number of tetrazole rings is 1. The smallest absolute Gasteiger partial charge is 0.341 e. The van der Waals surface area contributed by atoms with Gasteiger partial charge in [-0.05, 0) is 53.3 Å². The number of likely N-dealkylation sites (tertiary alicyclic amines) is 1. The third kappa shape index (κ3) is 5.61. The molecule has 2 heterocycles. The first-order valence-electron chi connectivity index (χ1n) is 10.5. The summed E-state index contributed by atoms with van der Waals surface area (Å²) in [6, 6.07) is 5.10. The van der Waals surface area contributed by atoms with Crippen LogP contribution >= 0.6 is 0 Å². The summed E-state index contributed by atoms with van der Waals surface area (Å²) in [7, 11) is 0. The van der Waals surface area contributed by atoms with Crippen LogP contribution in [0.5, 0.6) is 0 Å². The van der Waals surface area contributed by atoms with Crippen LogP contribution in [-0.2, 0) is 29.6 Å². The van der Waals surface area contributed by atoms with Gasteiger partial charge >= 0.3 is 6.18 Å². The van der Waals surface area contributed by atoms with Crippen LogP contribution in [0.2, 0.25) is 0 Å². The molecule has 0 radical (unpaired) electrons. The molecule has 1 aromatic heterocycles. The van der Waals surface area contributed by atoms with Crippen molar-refractivity contribution in [1.29, 1.82) is 0 Å². The number of carbonyl (C=O) groups excluding carboxylic acids is 1. The Kier molecular flexibility index (Phi) is 6.98. The second-order valence-electron chi connectivity index (χ2n) is 8.58. The van der Waals surface area contributed by atoms with Gasteiger partial charge in [-0.3, -0.25) is 10.1 Å². The Balaban J connectivity index is 1.85. The number of amides is 1. The third-order valence-electron chi connectivity index (χ3n) is 5.73. The zero-order valence-corrected chi connectivity index (χ0v) is 18.1. The Morgan fingerprint density at radius 2 is 1.97 bits per heavy atom. The molecule has 2 aromatic rings. The van der Waals surface area contributed by atoms with E-state index < -0.39 is 17.3 Å². The van der Waals surface area contributed by atoms with Crippen molar-refractivity contribution >= 4 is 5.91 Å². The molecular weight excluding hydrogens is 409 g/mol. The van der Waals surface area contributed by atoms with Crippen LogP contribution in [0, 0.1) is 5.92 Å². The van der Waals surface area contributed by atoms with Crippen molar-refractivity contribution in [3.8, 4) is 0 Å². The van der Waals surface area contributed by atoms with Crippen molar-refractivity contribution in [3.05, 3.63) is 41.2 Å². The van der Waals surface area contributed by atoms with Crippen LogP contribution in [0.1, 0.15) is 57.0 Å². The summed E-state index contributed by atoms with van der Waals surface area (Å²) in [6.45, 7) is 7.84. The van der Waals surface area contributed by atoms with Gasteiger partial charge in [0.25, 0.3) is 0 Å². The largest absolute Gasteiger partial charge is 0.416 e. The molecule has 7 nitrogen and oxygen atoms in total. The fourth-order valence-electron chi connectivity index (χ4n) is 3.89. The van der Waals surface area contributed by atoms with E-state index in [0.717, 1.165) is 31.4 Å². The number of aromatic nitrogens is 4. The number of halogens is 3. The highest BCUT2D eigenvalue weighted by Crippen LogP contribution is 2.32. The number of nitrogens with zero attached hydrogens (tertiary/aromatic N) is 5. The molecule has 1 aliphatic heterocycles. The number of nitrogens with one attached hydrogen (secondary N) is 1. The number of hydrogen-bond acceptors (Lipinski definition) is 5. The molecule has 170 valence electrons. The van der Waals surface area contributed by atoms with Crippen LogP contribution in [0.25, 0.3) is 0 Å². The fourth-order valence-corrected chi connectivity index (χ4v) is 3.89. The van der Waals surface area contributed by atoms with E-state index in [-0.39, 0.29) is 5.91 Å². The Morgan fingerprint density at radius 3 is 2.58 bits per heavy atom. The summed E-state index contributed by atoms with van der Waals surface area (Å²) in [5, 5.41) is 15.8. The minimum Gasteiger partial charge on any atom is -0.341 e. The fraction of sp³-hybridized carbons (Fsp3) is 0.619. The van der Waals surface area contributed by atoms with Crippen LogP contribution in [-0.4, -0.2) is 44.1 Å². The molecule has 0 spiro atoms. The lowest BCUT2D eigenvalue weighted by atomic mass is 9.87. The van der Waals surface area contributed by atoms with E-state index in [1.807, 2.05) is 0 Å². The molecule has 0 aliphatic carbocycles. The number of aryl methyl sites for hydroxylation is 1. The topological polar surface area (TPSA) is 75.9 Å². The van der Waals surface area contributed by atoms with Crippen molar-refractivity contribution in [1.82, 2.24) is 30.4 Å². The van der Waals surface area contributed by atoms with Gasteiger partial charge in [-0.2, -0.15) is 13.2 Å². The summed E-state index contributed by atoms with van der Waals surface area (Å²) in [4.78, 5) is 13.9. The Morgan fingerprint density at radius 1 is 1.26 bits per heavy atom. The predicted octanol–water partition coefficient (Wildman–Crippen LogP) is 3.37. The zero-order chi connectivity index (χ0) is 22.6. The highest BCUT2D eigenvalue weighted by atomic mass is 19.4. The van der Waals surface area contributed by atoms with Crippen molar-refractivity contribution in [2.24, 2.45) is 5.92 Å². The highest BCUT2D eigenvalue weighted by molar-refractivity contribution is 5.73. The molecule has 1 aromatic carbocycles. The van der Waals surface area contributed by atoms with Gasteiger partial charge in [0.1, 0.15) is 0 Å². The molecule has 0 bridgehead atoms. The quantitative estimate of drug-likeness (QED) is 0.718. The van der Waals surface area contributed by atoms with Crippen LogP contribution < -0.4 is 5.32 Å². The van der Waals surface area contributed by atoms with Crippen molar-refractivity contribution in [2.75, 3.05) is 13.1 Å². The lowest BCUT2D eigenvalue weighted by molar-refractivity contribution is -0.137. The van der Waals surface area contributed by atoms with Gasteiger partial charge < -0.3 is 4.90 Å². The molecule has 10 heteroatoms. The molecule has 1 saturated heterocycles. The number of hydrogen-bond donors (Lipinski definition) is 1. The molecule has 1 atom stereocenters. The van der Waals surface area contributed by atoms with E-state index in [9.17, 15) is 18.0 Å². The number of rotatable bonds is 7. The van der Waals surface area contributed by atoms with Gasteiger partial charge in [0.05, 0.1) is 11.1 Å². The van der Waals surface area contributed by atoms with E-state index in [4.69, 9.17) is 0 Å². The van der Waals surface area contributed by atoms with Crippen molar-refractivity contribution in [2.45, 2.75) is 64.8 Å². The minimum atomic E-state index is -4.36. The van der Waals surface area contributed by atoms with Crippen LogP contribution in [0.4, 0.5) is 13.2 Å². The summed E-state index contributed by atoms with van der Waals surface area (Å²) >= 11 is 0. The Labute approximate surface area is 180 Å². The molecule has 31 heavy (non-hydrogen) atoms. The second kappa shape index (κ2) is 9.33. The van der Waals surface area contributed by atoms with E-state index in [2.05, 4.69) is 34.7 Å². The van der Waals surface area contributed by atoms with Gasteiger partial charge in [0.15, 0.2) is 5.82 Å². The van der Waals surface area contributed by atoms with E-state index in [0.29, 0.717) is 43.5 Å². The standard InChI is InChI=1S/C21H29F3N6O/c1-15(2)9-12-30-19(26-27-28-30)20(10-4-11-29(14-20)16(3)31)25-13-17-5-7-18(8-6-17)21(22,23)24/h5-8,15,25H,4,9-14H2,1-3H3. The van der Waals surface area contributed by atoms with E-state index in [1.54, 1.807) is 9.58 Å². The first-order chi connectivity index (χ1) is 14.6. The number of carbonyl (C=O) groups is 1. The third-order valence-corrected chi connectivity index (χ3v) is 5.73. The Bertz CT molecular complexity index is 880. The summed E-state index contributed by atoms with van der Waals surface area (Å²) in [5.74, 6) is 1.11. The van der Waals surface area contributed by atoms with Crippen LogP contribution in [0.15, 0.2) is 24.3 Å². The molecule has 1 fully saturated rings. The van der Waals surface area contributed by atoms with Gasteiger partial charge in [-0.25, -0.2) is 4.68 Å². The maximum Gasteiger partial charge on any atom is 0.416 e.